The SMILES string of the molecule is CC1(C)c2ccccc2-c2ccc(N(c3ccc4c(c3)-c3ccccc3C4(c3ccccc3)c3ccccc3)c3cccc4sc5ccccc5c34)cc21. The van der Waals surface area contributed by atoms with Crippen LogP contribution in [0.4, 0.5) is 17.1 Å². The molecule has 0 spiro atoms. The molecule has 0 radical (unpaired) electrons. The molecule has 2 aliphatic rings. The van der Waals surface area contributed by atoms with E-state index in [1.807, 2.05) is 11.3 Å². The van der Waals surface area contributed by atoms with Crippen molar-refractivity contribution < 1.29 is 0 Å². The third-order valence-electron chi connectivity index (χ3n) is 12.1. The van der Waals surface area contributed by atoms with Crippen molar-refractivity contribution >= 4 is 48.6 Å². The number of nitrogens with zero attached hydrogens (tertiary/aromatic N) is 1. The van der Waals surface area contributed by atoms with Gasteiger partial charge in [-0.05, 0) is 98.1 Å². The number of hydrogen-bond donors (Lipinski definition) is 0. The molecule has 0 bridgehead atoms. The van der Waals surface area contributed by atoms with Crippen LogP contribution >= 0.6 is 11.3 Å². The minimum atomic E-state index is -0.440. The Labute approximate surface area is 320 Å². The number of anilines is 3. The molecule has 9 aromatic rings. The van der Waals surface area contributed by atoms with E-state index in [4.69, 9.17) is 0 Å². The summed E-state index contributed by atoms with van der Waals surface area (Å²) in [6, 6.07) is 70.2. The Kier molecular flexibility index (Phi) is 6.75. The standard InChI is InChI=1S/C52H37NS/c1-51(2)43-23-12-9-20-38(43)40-30-28-37(33-46(40)51)53(47-25-15-27-49-50(47)41-22-11-14-26-48(41)54-49)36-29-31-45-42(32-36)39-21-10-13-24-44(39)52(45,34-16-5-3-6-17-34)35-18-7-4-8-19-35/h3-33H,1-2H3. The number of benzene rings is 8. The normalized spacial score (nSPS) is 14.4. The Morgan fingerprint density at radius 2 is 0.963 bits per heavy atom. The fourth-order valence-electron chi connectivity index (χ4n) is 9.78. The van der Waals surface area contributed by atoms with Gasteiger partial charge in [0.15, 0.2) is 0 Å². The molecule has 8 aromatic carbocycles. The molecule has 0 saturated heterocycles. The minimum Gasteiger partial charge on any atom is -0.310 e. The van der Waals surface area contributed by atoms with Crippen molar-refractivity contribution in [3.05, 3.63) is 221 Å². The van der Waals surface area contributed by atoms with Gasteiger partial charge in [-0.1, -0.05) is 159 Å². The summed E-state index contributed by atoms with van der Waals surface area (Å²) in [6.07, 6.45) is 0. The maximum absolute atomic E-state index is 2.52. The van der Waals surface area contributed by atoms with E-state index in [-0.39, 0.29) is 5.41 Å². The van der Waals surface area contributed by atoms with Crippen LogP contribution in [0.3, 0.4) is 0 Å². The smallest absolute Gasteiger partial charge is 0.0713 e. The summed E-state index contributed by atoms with van der Waals surface area (Å²) in [5, 5.41) is 2.59. The summed E-state index contributed by atoms with van der Waals surface area (Å²) in [5.74, 6) is 0. The van der Waals surface area contributed by atoms with Crippen LogP contribution in [0, 0.1) is 0 Å². The fraction of sp³-hybridized carbons (Fsp3) is 0.0769. The Morgan fingerprint density at radius 1 is 0.407 bits per heavy atom. The molecular formula is C52H37NS. The van der Waals surface area contributed by atoms with E-state index in [1.165, 1.54) is 87.2 Å². The predicted octanol–water partition coefficient (Wildman–Crippen LogP) is 14.2. The van der Waals surface area contributed by atoms with Crippen molar-refractivity contribution in [1.29, 1.82) is 0 Å². The van der Waals surface area contributed by atoms with E-state index < -0.39 is 5.41 Å². The quantitative estimate of drug-likeness (QED) is 0.172. The number of fused-ring (bicyclic) bond motifs is 9. The zero-order valence-electron chi connectivity index (χ0n) is 30.3. The first-order valence-electron chi connectivity index (χ1n) is 18.9. The molecule has 0 saturated carbocycles. The van der Waals surface area contributed by atoms with Crippen molar-refractivity contribution in [3.8, 4) is 22.3 Å². The first-order valence-corrected chi connectivity index (χ1v) is 19.7. The molecule has 256 valence electrons. The lowest BCUT2D eigenvalue weighted by molar-refractivity contribution is 0.660. The van der Waals surface area contributed by atoms with Crippen LogP contribution in [0.15, 0.2) is 188 Å². The lowest BCUT2D eigenvalue weighted by Crippen LogP contribution is -2.28. The second-order valence-corrected chi connectivity index (χ2v) is 16.3. The van der Waals surface area contributed by atoms with Crippen molar-refractivity contribution in [1.82, 2.24) is 0 Å². The molecule has 11 rings (SSSR count). The van der Waals surface area contributed by atoms with Gasteiger partial charge in [0.1, 0.15) is 0 Å². The molecule has 0 fully saturated rings. The summed E-state index contributed by atoms with van der Waals surface area (Å²) in [4.78, 5) is 2.52. The van der Waals surface area contributed by atoms with E-state index in [0.717, 1.165) is 5.69 Å². The minimum absolute atomic E-state index is 0.115. The van der Waals surface area contributed by atoms with Gasteiger partial charge in [0.05, 0.1) is 11.1 Å². The second-order valence-electron chi connectivity index (χ2n) is 15.2. The van der Waals surface area contributed by atoms with Gasteiger partial charge in [-0.25, -0.2) is 0 Å². The first-order chi connectivity index (χ1) is 26.5. The van der Waals surface area contributed by atoms with Crippen LogP contribution in [-0.2, 0) is 10.8 Å². The van der Waals surface area contributed by atoms with Gasteiger partial charge in [0, 0.05) is 37.0 Å². The maximum Gasteiger partial charge on any atom is 0.0713 e. The number of thiophene rings is 1. The summed E-state index contributed by atoms with van der Waals surface area (Å²) in [7, 11) is 0. The van der Waals surface area contributed by atoms with Crippen LogP contribution in [0.2, 0.25) is 0 Å². The highest BCUT2D eigenvalue weighted by Crippen LogP contribution is 2.58. The summed E-state index contributed by atoms with van der Waals surface area (Å²) in [5.41, 5.74) is 16.1. The highest BCUT2D eigenvalue weighted by molar-refractivity contribution is 7.26. The van der Waals surface area contributed by atoms with Crippen molar-refractivity contribution in [2.45, 2.75) is 24.7 Å². The Morgan fingerprint density at radius 3 is 1.72 bits per heavy atom. The van der Waals surface area contributed by atoms with Crippen molar-refractivity contribution in [2.24, 2.45) is 0 Å². The van der Waals surface area contributed by atoms with Gasteiger partial charge in [-0.2, -0.15) is 0 Å². The average Bonchev–Trinajstić information content (AvgIpc) is 3.83. The lowest BCUT2D eigenvalue weighted by atomic mass is 9.68. The molecule has 2 aliphatic carbocycles. The van der Waals surface area contributed by atoms with Crippen molar-refractivity contribution in [3.63, 3.8) is 0 Å². The number of rotatable bonds is 5. The average molecular weight is 708 g/mol. The van der Waals surface area contributed by atoms with E-state index in [9.17, 15) is 0 Å². The van der Waals surface area contributed by atoms with Gasteiger partial charge < -0.3 is 4.90 Å². The Balaban J connectivity index is 1.20. The molecule has 1 aromatic heterocycles. The van der Waals surface area contributed by atoms with Crippen LogP contribution in [0.1, 0.15) is 47.2 Å². The maximum atomic E-state index is 2.52. The zero-order chi connectivity index (χ0) is 36.0. The molecule has 1 nitrogen and oxygen atoms in total. The third-order valence-corrected chi connectivity index (χ3v) is 13.3. The summed E-state index contributed by atoms with van der Waals surface area (Å²) >= 11 is 1.87. The third kappa shape index (κ3) is 4.26. The molecule has 0 atom stereocenters. The largest absolute Gasteiger partial charge is 0.310 e. The molecule has 0 amide bonds. The molecule has 2 heteroatoms. The molecule has 0 N–H and O–H groups in total. The first kappa shape index (κ1) is 31.3. The molecule has 0 aliphatic heterocycles. The van der Waals surface area contributed by atoms with Gasteiger partial charge in [0.25, 0.3) is 0 Å². The van der Waals surface area contributed by atoms with Crippen LogP contribution in [0.5, 0.6) is 0 Å². The lowest BCUT2D eigenvalue weighted by Gasteiger charge is -2.34. The van der Waals surface area contributed by atoms with Gasteiger partial charge in [-0.15, -0.1) is 11.3 Å². The molecule has 54 heavy (non-hydrogen) atoms. The van der Waals surface area contributed by atoms with E-state index in [1.54, 1.807) is 0 Å². The van der Waals surface area contributed by atoms with Gasteiger partial charge in [-0.3, -0.25) is 0 Å². The molecule has 1 heterocycles. The second kappa shape index (κ2) is 11.6. The zero-order valence-corrected chi connectivity index (χ0v) is 31.1. The highest BCUT2D eigenvalue weighted by Gasteiger charge is 2.46. The summed E-state index contributed by atoms with van der Waals surface area (Å²) in [6.45, 7) is 4.75. The monoisotopic (exact) mass is 707 g/mol. The van der Waals surface area contributed by atoms with Gasteiger partial charge >= 0.3 is 0 Å². The number of hydrogen-bond acceptors (Lipinski definition) is 2. The predicted molar refractivity (Wildman–Crippen MR) is 229 cm³/mol. The van der Waals surface area contributed by atoms with E-state index >= 15 is 0 Å². The Bertz CT molecular complexity index is 2880. The molecule has 0 unspecified atom stereocenters. The van der Waals surface area contributed by atoms with Gasteiger partial charge in [0.2, 0.25) is 0 Å². The topological polar surface area (TPSA) is 3.24 Å². The van der Waals surface area contributed by atoms with E-state index in [2.05, 4.69) is 207 Å². The molecular weight excluding hydrogens is 671 g/mol. The Hall–Kier alpha value is -6.22. The summed E-state index contributed by atoms with van der Waals surface area (Å²) < 4.78 is 2.61. The van der Waals surface area contributed by atoms with Crippen molar-refractivity contribution in [2.75, 3.05) is 4.90 Å². The van der Waals surface area contributed by atoms with Crippen LogP contribution in [0.25, 0.3) is 42.4 Å². The highest BCUT2D eigenvalue weighted by atomic mass is 32.1. The van der Waals surface area contributed by atoms with E-state index in [0.29, 0.717) is 0 Å². The van der Waals surface area contributed by atoms with Crippen LogP contribution in [-0.4, -0.2) is 0 Å². The fourth-order valence-corrected chi connectivity index (χ4v) is 10.9. The van der Waals surface area contributed by atoms with Crippen LogP contribution < -0.4 is 4.90 Å².